The fourth-order valence-electron chi connectivity index (χ4n) is 3.62. The van der Waals surface area contributed by atoms with Crippen molar-refractivity contribution in [3.63, 3.8) is 0 Å². The lowest BCUT2D eigenvalue weighted by Crippen LogP contribution is -2.32. The van der Waals surface area contributed by atoms with Crippen LogP contribution in [0.1, 0.15) is 30.6 Å². The first-order valence-corrected chi connectivity index (χ1v) is 9.90. The monoisotopic (exact) mass is 424 g/mol. The zero-order chi connectivity index (χ0) is 22.1. The van der Waals surface area contributed by atoms with Crippen LogP contribution in [0, 0.1) is 0 Å². The number of nitrogen functional groups attached to an aromatic ring is 1. The number of pyridine rings is 1. The van der Waals surface area contributed by atoms with Crippen LogP contribution >= 0.6 is 0 Å². The van der Waals surface area contributed by atoms with E-state index in [2.05, 4.69) is 22.0 Å². The van der Waals surface area contributed by atoms with Crippen LogP contribution in [0.4, 0.5) is 20.4 Å². The maximum Gasteiger partial charge on any atom is 0.264 e. The normalized spacial score (nSPS) is 14.8. The molecule has 0 aliphatic heterocycles. The Bertz CT molecular complexity index is 1090. The molecule has 3 aromatic rings. The molecule has 0 bridgehead atoms. The SMILES string of the molecule is C=CCC(F)(F)C1(c2cc(NC(=O)Cc3ccc(-c4ccc(N)nc4)cc3)no2)CC1. The molecular weight excluding hydrogens is 402 g/mol. The Labute approximate surface area is 178 Å². The Hall–Kier alpha value is -3.55. The van der Waals surface area contributed by atoms with Crippen molar-refractivity contribution in [2.24, 2.45) is 0 Å². The molecule has 1 saturated carbocycles. The van der Waals surface area contributed by atoms with Crippen LogP contribution in [-0.2, 0) is 16.6 Å². The minimum absolute atomic E-state index is 0.0936. The van der Waals surface area contributed by atoms with Crippen molar-refractivity contribution in [1.82, 2.24) is 10.1 Å². The second-order valence-corrected chi connectivity index (χ2v) is 7.75. The van der Waals surface area contributed by atoms with E-state index >= 15 is 0 Å². The van der Waals surface area contributed by atoms with Crippen molar-refractivity contribution < 1.29 is 18.1 Å². The Morgan fingerprint density at radius 3 is 2.55 bits per heavy atom. The number of nitrogens with two attached hydrogens (primary N) is 1. The zero-order valence-corrected chi connectivity index (χ0v) is 16.8. The number of alkyl halides is 2. The van der Waals surface area contributed by atoms with Crippen LogP contribution in [0.2, 0.25) is 0 Å². The molecule has 6 nitrogen and oxygen atoms in total. The number of rotatable bonds is 8. The first-order chi connectivity index (χ1) is 14.8. The van der Waals surface area contributed by atoms with Gasteiger partial charge in [-0.05, 0) is 36.1 Å². The molecule has 160 valence electrons. The van der Waals surface area contributed by atoms with Crippen molar-refractivity contribution in [2.75, 3.05) is 11.1 Å². The van der Waals surface area contributed by atoms with Crippen molar-refractivity contribution in [1.29, 1.82) is 0 Å². The van der Waals surface area contributed by atoms with E-state index in [0.717, 1.165) is 16.7 Å². The van der Waals surface area contributed by atoms with Gasteiger partial charge in [-0.1, -0.05) is 35.5 Å². The summed E-state index contributed by atoms with van der Waals surface area (Å²) >= 11 is 0. The van der Waals surface area contributed by atoms with Gasteiger partial charge in [0.15, 0.2) is 11.6 Å². The van der Waals surface area contributed by atoms with Crippen molar-refractivity contribution in [2.45, 2.75) is 37.0 Å². The lowest BCUT2D eigenvalue weighted by Gasteiger charge is -2.22. The molecule has 1 fully saturated rings. The molecule has 1 amide bonds. The molecule has 4 rings (SSSR count). The first-order valence-electron chi connectivity index (χ1n) is 9.90. The fourth-order valence-corrected chi connectivity index (χ4v) is 3.62. The molecular formula is C23H22F2N4O2. The molecule has 1 aliphatic rings. The Kier molecular flexibility index (Phi) is 5.31. The summed E-state index contributed by atoms with van der Waals surface area (Å²) in [5.74, 6) is -2.60. The number of amides is 1. The van der Waals surface area contributed by atoms with Crippen molar-refractivity contribution in [3.8, 4) is 11.1 Å². The van der Waals surface area contributed by atoms with E-state index in [1.54, 1.807) is 12.3 Å². The van der Waals surface area contributed by atoms with E-state index < -0.39 is 17.8 Å². The summed E-state index contributed by atoms with van der Waals surface area (Å²) in [7, 11) is 0. The summed E-state index contributed by atoms with van der Waals surface area (Å²) in [6.45, 7) is 3.40. The third kappa shape index (κ3) is 4.19. The maximum absolute atomic E-state index is 14.4. The first kappa shape index (κ1) is 20.7. The summed E-state index contributed by atoms with van der Waals surface area (Å²) in [6, 6.07) is 12.5. The number of anilines is 2. The number of hydrogen-bond acceptors (Lipinski definition) is 5. The van der Waals surface area contributed by atoms with E-state index in [9.17, 15) is 13.6 Å². The number of nitrogens with zero attached hydrogens (tertiary/aromatic N) is 2. The van der Waals surface area contributed by atoms with Crippen LogP contribution in [0.5, 0.6) is 0 Å². The minimum Gasteiger partial charge on any atom is -0.384 e. The molecule has 0 unspecified atom stereocenters. The minimum atomic E-state index is -2.96. The second-order valence-electron chi connectivity index (χ2n) is 7.75. The van der Waals surface area contributed by atoms with E-state index in [4.69, 9.17) is 10.3 Å². The van der Waals surface area contributed by atoms with Gasteiger partial charge in [0.05, 0.1) is 11.8 Å². The molecule has 31 heavy (non-hydrogen) atoms. The Balaban J connectivity index is 1.39. The molecule has 8 heteroatoms. The standard InChI is InChI=1S/C23H22F2N4O2/c1-2-9-23(24,25)22(10-11-22)18-13-20(29-31-18)28-21(30)12-15-3-5-16(6-4-15)17-7-8-19(26)27-14-17/h2-8,13-14H,1,9-12H2,(H2,26,27)(H,28,29,30). The van der Waals surface area contributed by atoms with Crippen LogP contribution in [0.3, 0.4) is 0 Å². The summed E-state index contributed by atoms with van der Waals surface area (Å²) in [6.07, 6.45) is 3.19. The lowest BCUT2D eigenvalue weighted by atomic mass is 9.92. The average Bonchev–Trinajstić information content (AvgIpc) is 3.44. The largest absolute Gasteiger partial charge is 0.384 e. The summed E-state index contributed by atoms with van der Waals surface area (Å²) < 4.78 is 34.0. The van der Waals surface area contributed by atoms with Gasteiger partial charge in [-0.15, -0.1) is 6.58 Å². The number of carbonyl (C=O) groups is 1. The van der Waals surface area contributed by atoms with E-state index in [1.807, 2.05) is 30.3 Å². The number of nitrogens with one attached hydrogen (secondary N) is 1. The van der Waals surface area contributed by atoms with Crippen molar-refractivity contribution in [3.05, 3.63) is 72.6 Å². The van der Waals surface area contributed by atoms with Gasteiger partial charge in [-0.2, -0.15) is 0 Å². The molecule has 0 atom stereocenters. The van der Waals surface area contributed by atoms with Crippen LogP contribution in [0.25, 0.3) is 11.1 Å². The van der Waals surface area contributed by atoms with Gasteiger partial charge in [0.25, 0.3) is 5.92 Å². The highest BCUT2D eigenvalue weighted by molar-refractivity contribution is 5.91. The number of carbonyl (C=O) groups excluding carboxylic acids is 1. The third-order valence-corrected chi connectivity index (χ3v) is 5.54. The fraction of sp³-hybridized carbons (Fsp3) is 0.261. The van der Waals surface area contributed by atoms with E-state index in [0.29, 0.717) is 18.7 Å². The molecule has 0 spiro atoms. The predicted molar refractivity (Wildman–Crippen MR) is 114 cm³/mol. The molecule has 1 aromatic carbocycles. The molecule has 0 saturated heterocycles. The van der Waals surface area contributed by atoms with Gasteiger partial charge in [0.1, 0.15) is 5.82 Å². The Morgan fingerprint density at radius 2 is 1.94 bits per heavy atom. The number of aromatic nitrogens is 2. The quantitative estimate of drug-likeness (QED) is 0.509. The van der Waals surface area contributed by atoms with Gasteiger partial charge in [0.2, 0.25) is 5.91 Å². The van der Waals surface area contributed by atoms with Crippen LogP contribution in [-0.4, -0.2) is 22.0 Å². The second kappa shape index (κ2) is 7.94. The zero-order valence-electron chi connectivity index (χ0n) is 16.8. The smallest absolute Gasteiger partial charge is 0.264 e. The predicted octanol–water partition coefficient (Wildman–Crippen LogP) is 4.74. The summed E-state index contributed by atoms with van der Waals surface area (Å²) in [5, 5.41) is 6.37. The average molecular weight is 424 g/mol. The number of benzene rings is 1. The topological polar surface area (TPSA) is 94.0 Å². The molecule has 3 N–H and O–H groups in total. The number of halogens is 2. The molecule has 0 radical (unpaired) electrons. The highest BCUT2D eigenvalue weighted by Gasteiger charge is 2.64. The summed E-state index contributed by atoms with van der Waals surface area (Å²) in [4.78, 5) is 16.4. The lowest BCUT2D eigenvalue weighted by molar-refractivity contribution is -0.115. The highest BCUT2D eigenvalue weighted by Crippen LogP contribution is 2.59. The van der Waals surface area contributed by atoms with E-state index in [1.165, 1.54) is 12.1 Å². The van der Waals surface area contributed by atoms with Gasteiger partial charge < -0.3 is 15.6 Å². The number of allylic oxidation sites excluding steroid dienone is 1. The molecule has 1 aliphatic carbocycles. The summed E-state index contributed by atoms with van der Waals surface area (Å²) in [5.41, 5.74) is 6.91. The Morgan fingerprint density at radius 1 is 1.23 bits per heavy atom. The van der Waals surface area contributed by atoms with Gasteiger partial charge >= 0.3 is 0 Å². The third-order valence-electron chi connectivity index (χ3n) is 5.54. The molecule has 2 heterocycles. The van der Waals surface area contributed by atoms with Gasteiger partial charge in [-0.25, -0.2) is 13.8 Å². The van der Waals surface area contributed by atoms with Crippen LogP contribution < -0.4 is 11.1 Å². The highest BCUT2D eigenvalue weighted by atomic mass is 19.3. The molecule has 2 aromatic heterocycles. The number of hydrogen-bond donors (Lipinski definition) is 2. The van der Waals surface area contributed by atoms with Gasteiger partial charge in [0, 0.05) is 24.2 Å². The maximum atomic E-state index is 14.4. The van der Waals surface area contributed by atoms with E-state index in [-0.39, 0.29) is 23.9 Å². The van der Waals surface area contributed by atoms with Crippen LogP contribution in [0.15, 0.2) is 65.8 Å². The van der Waals surface area contributed by atoms with Crippen molar-refractivity contribution >= 4 is 17.5 Å². The van der Waals surface area contributed by atoms with Gasteiger partial charge in [-0.3, -0.25) is 4.79 Å².